The summed E-state index contributed by atoms with van der Waals surface area (Å²) in [6.45, 7) is 0. The molecular weight excluding hydrogens is 453 g/mol. The van der Waals surface area contributed by atoms with Gasteiger partial charge in [0.05, 0.1) is 43.4 Å². The van der Waals surface area contributed by atoms with Crippen molar-refractivity contribution in [2.75, 3.05) is 24.9 Å². The fourth-order valence-corrected chi connectivity index (χ4v) is 3.78. The maximum absolute atomic E-state index is 13.7. The minimum atomic E-state index is -4.58. The first-order valence-electron chi connectivity index (χ1n) is 9.40. The summed E-state index contributed by atoms with van der Waals surface area (Å²) in [6, 6.07) is 3.33. The molecule has 0 radical (unpaired) electrons. The normalized spacial score (nSPS) is 17.9. The van der Waals surface area contributed by atoms with Gasteiger partial charge in [0.1, 0.15) is 28.6 Å². The summed E-state index contributed by atoms with van der Waals surface area (Å²) in [5.74, 6) is 0.0923. The van der Waals surface area contributed by atoms with Gasteiger partial charge >= 0.3 is 6.18 Å². The van der Waals surface area contributed by atoms with Crippen LogP contribution in [0.5, 0.6) is 11.5 Å². The van der Waals surface area contributed by atoms with Crippen molar-refractivity contribution in [2.24, 2.45) is 0 Å². The number of rotatable bonds is 5. The number of anilines is 2. The number of benzene rings is 1. The zero-order valence-electron chi connectivity index (χ0n) is 16.9. The third kappa shape index (κ3) is 3.95. The summed E-state index contributed by atoms with van der Waals surface area (Å²) < 4.78 is 57.7. The number of hydrogen-bond donors (Lipinski definition) is 2. The van der Waals surface area contributed by atoms with E-state index in [0.717, 1.165) is 10.9 Å². The van der Waals surface area contributed by atoms with Crippen molar-refractivity contribution in [3.05, 3.63) is 53.1 Å². The Labute approximate surface area is 185 Å². The van der Waals surface area contributed by atoms with Gasteiger partial charge < -0.3 is 24.5 Å². The van der Waals surface area contributed by atoms with Crippen molar-refractivity contribution < 1.29 is 31.9 Å². The van der Waals surface area contributed by atoms with Crippen LogP contribution in [-0.4, -0.2) is 36.1 Å². The second-order valence-corrected chi connectivity index (χ2v) is 7.41. The van der Waals surface area contributed by atoms with Crippen LogP contribution in [0.2, 0.25) is 5.02 Å². The van der Waals surface area contributed by atoms with Crippen LogP contribution < -0.4 is 20.1 Å². The first-order valence-corrected chi connectivity index (χ1v) is 9.77. The molecule has 4 rings (SSSR count). The lowest BCUT2D eigenvalue weighted by Gasteiger charge is -2.32. The van der Waals surface area contributed by atoms with E-state index in [1.165, 1.54) is 32.6 Å². The number of alkyl halides is 3. The van der Waals surface area contributed by atoms with Crippen LogP contribution in [0.1, 0.15) is 34.6 Å². The number of furan rings is 1. The van der Waals surface area contributed by atoms with Crippen LogP contribution in [0, 0.1) is 0 Å². The Balaban J connectivity index is 1.70. The number of halogens is 4. The minimum absolute atomic E-state index is 0.0719. The number of aromatic nitrogens is 2. The minimum Gasteiger partial charge on any atom is -0.495 e. The molecule has 1 aliphatic rings. The van der Waals surface area contributed by atoms with Crippen molar-refractivity contribution >= 4 is 29.0 Å². The summed E-state index contributed by atoms with van der Waals surface area (Å²) >= 11 is 6.08. The molecule has 2 N–H and O–H groups in total. The van der Waals surface area contributed by atoms with E-state index >= 15 is 0 Å². The number of hydrogen-bond acceptors (Lipinski definition) is 6. The molecule has 1 aliphatic heterocycles. The van der Waals surface area contributed by atoms with Gasteiger partial charge in [-0.1, -0.05) is 11.6 Å². The maximum Gasteiger partial charge on any atom is 0.410 e. The molecule has 3 aromatic rings. The van der Waals surface area contributed by atoms with Crippen LogP contribution in [-0.2, 0) is 0 Å². The van der Waals surface area contributed by atoms with Crippen molar-refractivity contribution in [1.29, 1.82) is 0 Å². The SMILES string of the molecule is COc1cc(NC(=O)c2cnn3c2N[C@@H](c2ccco2)C[C@H]3C(F)(F)F)c(OC)cc1Cl. The van der Waals surface area contributed by atoms with E-state index in [9.17, 15) is 18.0 Å². The van der Waals surface area contributed by atoms with E-state index in [1.54, 1.807) is 12.1 Å². The van der Waals surface area contributed by atoms with Gasteiger partial charge in [0.25, 0.3) is 5.91 Å². The highest BCUT2D eigenvalue weighted by atomic mass is 35.5. The number of carbonyl (C=O) groups is 1. The average molecular weight is 471 g/mol. The zero-order valence-corrected chi connectivity index (χ0v) is 17.6. The molecule has 3 heterocycles. The molecule has 2 aromatic heterocycles. The van der Waals surface area contributed by atoms with E-state index in [1.807, 2.05) is 0 Å². The molecule has 0 saturated carbocycles. The molecular formula is C20H18ClF3N4O4. The molecule has 0 unspecified atom stereocenters. The van der Waals surface area contributed by atoms with Gasteiger partial charge in [0.15, 0.2) is 6.04 Å². The van der Waals surface area contributed by atoms with Crippen molar-refractivity contribution in [3.8, 4) is 11.5 Å². The monoisotopic (exact) mass is 470 g/mol. The predicted molar refractivity (Wildman–Crippen MR) is 110 cm³/mol. The second kappa shape index (κ2) is 8.30. The molecule has 8 nitrogen and oxygen atoms in total. The summed E-state index contributed by atoms with van der Waals surface area (Å²) in [6.07, 6.45) is -2.46. The topological polar surface area (TPSA) is 90.5 Å². The lowest BCUT2D eigenvalue weighted by molar-refractivity contribution is -0.174. The first kappa shape index (κ1) is 21.9. The van der Waals surface area contributed by atoms with Crippen LogP contribution in [0.15, 0.2) is 41.1 Å². The van der Waals surface area contributed by atoms with E-state index in [0.29, 0.717) is 5.76 Å². The van der Waals surface area contributed by atoms with Crippen molar-refractivity contribution in [3.63, 3.8) is 0 Å². The fourth-order valence-electron chi connectivity index (χ4n) is 3.55. The zero-order chi connectivity index (χ0) is 23.0. The number of fused-ring (bicyclic) bond motifs is 1. The molecule has 32 heavy (non-hydrogen) atoms. The number of nitrogens with one attached hydrogen (secondary N) is 2. The largest absolute Gasteiger partial charge is 0.495 e. The molecule has 0 fully saturated rings. The molecule has 0 saturated heterocycles. The number of ether oxygens (including phenoxy) is 2. The molecule has 0 bridgehead atoms. The Morgan fingerprint density at radius 1 is 1.31 bits per heavy atom. The van der Waals surface area contributed by atoms with Gasteiger partial charge in [-0.15, -0.1) is 0 Å². The smallest absolute Gasteiger partial charge is 0.410 e. The lowest BCUT2D eigenvalue weighted by Crippen LogP contribution is -2.36. The summed E-state index contributed by atoms with van der Waals surface area (Å²) in [5, 5.41) is 9.67. The van der Waals surface area contributed by atoms with Crippen LogP contribution in [0.3, 0.4) is 0 Å². The van der Waals surface area contributed by atoms with E-state index in [2.05, 4.69) is 15.7 Å². The Morgan fingerprint density at radius 2 is 2.06 bits per heavy atom. The van der Waals surface area contributed by atoms with Crippen LogP contribution >= 0.6 is 11.6 Å². The predicted octanol–water partition coefficient (Wildman–Crippen LogP) is 5.06. The second-order valence-electron chi connectivity index (χ2n) is 7.00. The van der Waals surface area contributed by atoms with Gasteiger partial charge in [-0.05, 0) is 12.1 Å². The number of methoxy groups -OCH3 is 2. The lowest BCUT2D eigenvalue weighted by atomic mass is 10.0. The van der Waals surface area contributed by atoms with Crippen LogP contribution in [0.25, 0.3) is 0 Å². The van der Waals surface area contributed by atoms with Crippen molar-refractivity contribution in [2.45, 2.75) is 24.7 Å². The first-order chi connectivity index (χ1) is 15.2. The van der Waals surface area contributed by atoms with E-state index < -0.39 is 24.2 Å². The Bertz CT molecular complexity index is 1130. The van der Waals surface area contributed by atoms with Crippen molar-refractivity contribution in [1.82, 2.24) is 9.78 Å². The van der Waals surface area contributed by atoms with Gasteiger partial charge in [-0.25, -0.2) is 4.68 Å². The average Bonchev–Trinajstić information content (AvgIpc) is 3.43. The summed E-state index contributed by atoms with van der Waals surface area (Å²) in [7, 11) is 2.79. The Kier molecular flexibility index (Phi) is 5.68. The Hall–Kier alpha value is -3.34. The molecule has 2 atom stereocenters. The highest BCUT2D eigenvalue weighted by Crippen LogP contribution is 2.44. The van der Waals surface area contributed by atoms with E-state index in [-0.39, 0.29) is 40.0 Å². The van der Waals surface area contributed by atoms with Gasteiger partial charge in [0, 0.05) is 18.6 Å². The van der Waals surface area contributed by atoms with Gasteiger partial charge in [-0.2, -0.15) is 18.3 Å². The quantitative estimate of drug-likeness (QED) is 0.541. The van der Waals surface area contributed by atoms with Crippen LogP contribution in [0.4, 0.5) is 24.7 Å². The molecule has 12 heteroatoms. The Morgan fingerprint density at radius 3 is 2.69 bits per heavy atom. The van der Waals surface area contributed by atoms with E-state index in [4.69, 9.17) is 25.5 Å². The molecule has 1 aromatic carbocycles. The highest BCUT2D eigenvalue weighted by Gasteiger charge is 2.47. The summed E-state index contributed by atoms with van der Waals surface area (Å²) in [4.78, 5) is 13.0. The maximum atomic E-state index is 13.7. The molecule has 0 aliphatic carbocycles. The number of carbonyl (C=O) groups excluding carboxylic acids is 1. The third-order valence-electron chi connectivity index (χ3n) is 5.09. The number of nitrogens with zero attached hydrogens (tertiary/aromatic N) is 2. The highest BCUT2D eigenvalue weighted by molar-refractivity contribution is 6.32. The molecule has 170 valence electrons. The number of amides is 1. The van der Waals surface area contributed by atoms with Gasteiger partial charge in [0.2, 0.25) is 0 Å². The third-order valence-corrected chi connectivity index (χ3v) is 5.39. The summed E-state index contributed by atoms with van der Waals surface area (Å²) in [5.41, 5.74) is 0.149. The molecule has 0 spiro atoms. The standard InChI is InChI=1S/C20H18ClF3N4O4/c1-30-15-7-12(16(31-2)6-11(15)21)27-19(29)10-9-25-28-17(20(22,23)24)8-13(26-18(10)28)14-4-3-5-32-14/h3-7,9,13,17,26H,8H2,1-2H3,(H,27,29)/t13-,17+/m1/s1. The fraction of sp³-hybridized carbons (Fsp3) is 0.300. The van der Waals surface area contributed by atoms with Gasteiger partial charge in [-0.3, -0.25) is 4.79 Å². The molecule has 1 amide bonds.